The van der Waals surface area contributed by atoms with Gasteiger partial charge in [-0.05, 0) is 52.0 Å². The fourth-order valence-electron chi connectivity index (χ4n) is 3.53. The molecule has 0 fully saturated rings. The molecule has 2 aromatic carbocycles. The minimum absolute atomic E-state index is 0.0627. The molecule has 160 valence electrons. The average Bonchev–Trinajstić information content (AvgIpc) is 3.06. The number of rotatable bonds is 7. The van der Waals surface area contributed by atoms with Crippen LogP contribution >= 0.6 is 0 Å². The van der Waals surface area contributed by atoms with Gasteiger partial charge < -0.3 is 14.0 Å². The number of nitrogens with one attached hydrogen (secondary N) is 1. The molecule has 6 heteroatoms. The van der Waals surface area contributed by atoms with Crippen molar-refractivity contribution in [3.8, 4) is 23.1 Å². The summed E-state index contributed by atoms with van der Waals surface area (Å²) in [4.78, 5) is 12.0. The molecule has 0 aliphatic heterocycles. The van der Waals surface area contributed by atoms with Crippen molar-refractivity contribution in [1.82, 2.24) is 4.57 Å². The molecular formula is C25H27N3O3. The van der Waals surface area contributed by atoms with Crippen molar-refractivity contribution < 1.29 is 14.3 Å². The Morgan fingerprint density at radius 2 is 2.06 bits per heavy atom. The second-order valence-electron chi connectivity index (χ2n) is 7.30. The number of aryl methyl sites for hydroxylation is 1. The Labute approximate surface area is 182 Å². The van der Waals surface area contributed by atoms with Crippen LogP contribution < -0.4 is 10.1 Å². The number of fused-ring (bicyclic) bond motifs is 1. The van der Waals surface area contributed by atoms with Gasteiger partial charge in [-0.2, -0.15) is 5.26 Å². The quantitative estimate of drug-likeness (QED) is 0.470. The molecule has 31 heavy (non-hydrogen) atoms. The molecule has 0 aliphatic rings. The standard InChI is InChI=1S/C25H27N3O3/c1-5-7-13-30-25(29)27-19-10-8-9-18(14-19)24-22(16-26)21-12-11-20(31-17(3)4)15-23(21)28(24)6-2/h5,7-12,14-15,17H,6,13H2,1-4H3,(H,27,29)/b7-5+. The average molecular weight is 418 g/mol. The van der Waals surface area contributed by atoms with Gasteiger partial charge in [0, 0.05) is 29.2 Å². The van der Waals surface area contributed by atoms with E-state index in [1.165, 1.54) is 0 Å². The summed E-state index contributed by atoms with van der Waals surface area (Å²) in [6, 6.07) is 15.6. The lowest BCUT2D eigenvalue weighted by molar-refractivity contribution is 0.174. The summed E-state index contributed by atoms with van der Waals surface area (Å²) in [5.41, 5.74) is 3.79. The van der Waals surface area contributed by atoms with Crippen LogP contribution in [0.25, 0.3) is 22.2 Å². The van der Waals surface area contributed by atoms with E-state index in [1.54, 1.807) is 12.1 Å². The zero-order valence-electron chi connectivity index (χ0n) is 18.3. The number of hydrogen-bond acceptors (Lipinski definition) is 4. The minimum atomic E-state index is -0.526. The van der Waals surface area contributed by atoms with Gasteiger partial charge in [0.1, 0.15) is 18.4 Å². The van der Waals surface area contributed by atoms with Crippen LogP contribution in [0.15, 0.2) is 54.6 Å². The third-order valence-corrected chi connectivity index (χ3v) is 4.76. The number of ether oxygens (including phenoxy) is 2. The molecule has 0 aliphatic carbocycles. The van der Waals surface area contributed by atoms with Crippen molar-refractivity contribution in [3.63, 3.8) is 0 Å². The zero-order valence-corrected chi connectivity index (χ0v) is 18.3. The summed E-state index contributed by atoms with van der Waals surface area (Å²) in [5.74, 6) is 0.769. The molecule has 1 N–H and O–H groups in total. The van der Waals surface area contributed by atoms with Gasteiger partial charge in [-0.25, -0.2) is 4.79 Å². The molecule has 1 aromatic heterocycles. The van der Waals surface area contributed by atoms with Crippen LogP contribution in [0.2, 0.25) is 0 Å². The number of carbonyl (C=O) groups is 1. The molecular weight excluding hydrogens is 390 g/mol. The summed E-state index contributed by atoms with van der Waals surface area (Å²) in [6.45, 7) is 8.77. The highest BCUT2D eigenvalue weighted by Gasteiger charge is 2.19. The molecule has 0 radical (unpaired) electrons. The van der Waals surface area contributed by atoms with Crippen LogP contribution in [-0.4, -0.2) is 23.4 Å². The molecule has 3 rings (SSSR count). The number of nitrogens with zero attached hydrogens (tertiary/aromatic N) is 2. The Hall–Kier alpha value is -3.72. The Bertz CT molecular complexity index is 1150. The van der Waals surface area contributed by atoms with Gasteiger partial charge in [-0.3, -0.25) is 5.32 Å². The summed E-state index contributed by atoms with van der Waals surface area (Å²) >= 11 is 0. The normalized spacial score (nSPS) is 11.1. The predicted octanol–water partition coefficient (Wildman–Crippen LogP) is 6.11. The second kappa shape index (κ2) is 9.86. The number of hydrogen-bond donors (Lipinski definition) is 1. The lowest BCUT2D eigenvalue weighted by Gasteiger charge is -2.12. The van der Waals surface area contributed by atoms with Crippen molar-refractivity contribution in [1.29, 1.82) is 5.26 Å². The van der Waals surface area contributed by atoms with E-state index in [4.69, 9.17) is 9.47 Å². The summed E-state index contributed by atoms with van der Waals surface area (Å²) < 4.78 is 13.1. The Morgan fingerprint density at radius 1 is 1.26 bits per heavy atom. The maximum absolute atomic E-state index is 12.0. The SMILES string of the molecule is C/C=C/COC(=O)Nc1cccc(-c2c(C#N)c3ccc(OC(C)C)cc3n2CC)c1. The molecule has 1 amide bonds. The minimum Gasteiger partial charge on any atom is -0.491 e. The first-order valence-corrected chi connectivity index (χ1v) is 10.4. The van der Waals surface area contributed by atoms with Crippen molar-refractivity contribution in [3.05, 3.63) is 60.2 Å². The number of amides is 1. The third-order valence-electron chi connectivity index (χ3n) is 4.76. The van der Waals surface area contributed by atoms with Crippen LogP contribution in [0.5, 0.6) is 5.75 Å². The number of nitriles is 1. The monoisotopic (exact) mass is 417 g/mol. The highest BCUT2D eigenvalue weighted by molar-refractivity contribution is 5.96. The van der Waals surface area contributed by atoms with Gasteiger partial charge in [0.2, 0.25) is 0 Å². The van der Waals surface area contributed by atoms with Crippen LogP contribution in [0.1, 0.15) is 33.3 Å². The van der Waals surface area contributed by atoms with Crippen molar-refractivity contribution in [2.75, 3.05) is 11.9 Å². The topological polar surface area (TPSA) is 76.3 Å². The smallest absolute Gasteiger partial charge is 0.411 e. The van der Waals surface area contributed by atoms with E-state index in [-0.39, 0.29) is 12.7 Å². The van der Waals surface area contributed by atoms with Crippen LogP contribution in [-0.2, 0) is 11.3 Å². The van der Waals surface area contributed by atoms with E-state index in [0.717, 1.165) is 27.9 Å². The van der Waals surface area contributed by atoms with Gasteiger partial charge >= 0.3 is 6.09 Å². The molecule has 0 unspecified atom stereocenters. The van der Waals surface area contributed by atoms with Gasteiger partial charge in [0.15, 0.2) is 0 Å². The molecule has 0 saturated carbocycles. The fourth-order valence-corrected chi connectivity index (χ4v) is 3.53. The molecule has 0 atom stereocenters. The highest BCUT2D eigenvalue weighted by Crippen LogP contribution is 2.36. The first-order valence-electron chi connectivity index (χ1n) is 10.4. The van der Waals surface area contributed by atoms with E-state index < -0.39 is 6.09 Å². The number of anilines is 1. The molecule has 3 aromatic rings. The summed E-state index contributed by atoms with van der Waals surface area (Å²) in [7, 11) is 0. The largest absolute Gasteiger partial charge is 0.491 e. The van der Waals surface area contributed by atoms with Gasteiger partial charge in [0.25, 0.3) is 0 Å². The van der Waals surface area contributed by atoms with Crippen molar-refractivity contribution in [2.24, 2.45) is 0 Å². The van der Waals surface area contributed by atoms with Crippen molar-refractivity contribution >= 4 is 22.7 Å². The summed E-state index contributed by atoms with van der Waals surface area (Å²) in [5, 5.41) is 13.6. The zero-order chi connectivity index (χ0) is 22.4. The van der Waals surface area contributed by atoms with E-state index >= 15 is 0 Å². The Balaban J connectivity index is 2.04. The molecule has 1 heterocycles. The molecule has 0 spiro atoms. The Morgan fingerprint density at radius 3 is 2.74 bits per heavy atom. The van der Waals surface area contributed by atoms with E-state index in [2.05, 4.69) is 16.0 Å². The highest BCUT2D eigenvalue weighted by atomic mass is 16.5. The van der Waals surface area contributed by atoms with E-state index in [1.807, 2.05) is 70.2 Å². The molecule has 0 bridgehead atoms. The predicted molar refractivity (Wildman–Crippen MR) is 123 cm³/mol. The molecule has 0 saturated heterocycles. The lowest BCUT2D eigenvalue weighted by atomic mass is 10.1. The number of allylic oxidation sites excluding steroid dienone is 1. The van der Waals surface area contributed by atoms with Crippen LogP contribution in [0.4, 0.5) is 10.5 Å². The van der Waals surface area contributed by atoms with Gasteiger partial charge in [-0.15, -0.1) is 0 Å². The van der Waals surface area contributed by atoms with Crippen molar-refractivity contribution in [2.45, 2.75) is 40.3 Å². The Kier molecular flexibility index (Phi) is 6.99. The summed E-state index contributed by atoms with van der Waals surface area (Å²) in [6.07, 6.45) is 3.11. The fraction of sp³-hybridized carbons (Fsp3) is 0.280. The first-order chi connectivity index (χ1) is 15.0. The van der Waals surface area contributed by atoms with Crippen LogP contribution in [0, 0.1) is 11.3 Å². The second-order valence-corrected chi connectivity index (χ2v) is 7.30. The maximum atomic E-state index is 12.0. The number of carbonyl (C=O) groups excluding carboxylic acids is 1. The number of benzene rings is 2. The van der Waals surface area contributed by atoms with Gasteiger partial charge in [0.05, 0.1) is 22.9 Å². The molecule has 6 nitrogen and oxygen atoms in total. The first kappa shape index (κ1) is 22.0. The third kappa shape index (κ3) is 4.89. The maximum Gasteiger partial charge on any atom is 0.411 e. The van der Waals surface area contributed by atoms with E-state index in [9.17, 15) is 10.1 Å². The lowest BCUT2D eigenvalue weighted by Crippen LogP contribution is -2.13. The number of aromatic nitrogens is 1. The van der Waals surface area contributed by atoms with Crippen LogP contribution in [0.3, 0.4) is 0 Å². The van der Waals surface area contributed by atoms with E-state index in [0.29, 0.717) is 17.8 Å². The van der Waals surface area contributed by atoms with Gasteiger partial charge in [-0.1, -0.05) is 24.3 Å².